The Labute approximate surface area is 283 Å². The monoisotopic (exact) mass is 621 g/mol. The van der Waals surface area contributed by atoms with Crippen LogP contribution in [0.15, 0.2) is 140 Å². The Morgan fingerprint density at radius 3 is 1.44 bits per heavy atom. The normalized spacial score (nSPS) is 14.8. The molecular weight excluding hydrogens is 583 g/mol. The lowest BCUT2D eigenvalue weighted by Gasteiger charge is -2.42. The molecule has 1 aliphatic rings. The van der Waals surface area contributed by atoms with Gasteiger partial charge in [-0.2, -0.15) is 0 Å². The number of benzene rings is 6. The summed E-state index contributed by atoms with van der Waals surface area (Å²) in [7, 11) is 0. The summed E-state index contributed by atoms with van der Waals surface area (Å²) in [6, 6.07) is 49.4. The molecule has 0 spiro atoms. The first-order chi connectivity index (χ1) is 23.3. The van der Waals surface area contributed by atoms with Crippen molar-refractivity contribution in [2.24, 2.45) is 0 Å². The fourth-order valence-corrected chi connectivity index (χ4v) is 7.29. The summed E-state index contributed by atoms with van der Waals surface area (Å²) in [6.45, 7) is 9.56. The van der Waals surface area contributed by atoms with Crippen molar-refractivity contribution in [2.75, 3.05) is 0 Å². The number of nitrogens with zero attached hydrogens (tertiary/aromatic N) is 3. The zero-order valence-electron chi connectivity index (χ0n) is 28.0. The fraction of sp³-hybridized carbons (Fsp3) is 0.178. The molecule has 1 heterocycles. The summed E-state index contributed by atoms with van der Waals surface area (Å²) in [4.78, 5) is 14.9. The number of hydrogen-bond donors (Lipinski definition) is 0. The summed E-state index contributed by atoms with van der Waals surface area (Å²) in [5, 5.41) is 2.28. The molecule has 7 aromatic rings. The van der Waals surface area contributed by atoms with Crippen LogP contribution in [0.1, 0.15) is 51.7 Å². The van der Waals surface area contributed by atoms with Crippen molar-refractivity contribution in [1.82, 2.24) is 15.0 Å². The predicted molar refractivity (Wildman–Crippen MR) is 200 cm³/mol. The van der Waals surface area contributed by atoms with Crippen LogP contribution in [0.25, 0.3) is 67.2 Å². The number of aromatic nitrogens is 3. The van der Waals surface area contributed by atoms with Crippen LogP contribution in [0.4, 0.5) is 0 Å². The average Bonchev–Trinajstić information content (AvgIpc) is 3.13. The van der Waals surface area contributed by atoms with Gasteiger partial charge in [-0.15, -0.1) is 0 Å². The van der Waals surface area contributed by atoms with Crippen molar-refractivity contribution in [3.05, 3.63) is 151 Å². The molecule has 0 saturated carbocycles. The van der Waals surface area contributed by atoms with E-state index in [9.17, 15) is 0 Å². The van der Waals surface area contributed by atoms with Crippen LogP contribution >= 0.6 is 0 Å². The Hall–Kier alpha value is -5.41. The molecule has 6 aromatic carbocycles. The smallest absolute Gasteiger partial charge is 0.164 e. The molecule has 3 heteroatoms. The van der Waals surface area contributed by atoms with Crippen LogP contribution in [0.5, 0.6) is 0 Å². The summed E-state index contributed by atoms with van der Waals surface area (Å²) in [5.74, 6) is 1.99. The molecule has 0 atom stereocenters. The van der Waals surface area contributed by atoms with Gasteiger partial charge in [0.1, 0.15) is 0 Å². The van der Waals surface area contributed by atoms with Crippen molar-refractivity contribution in [1.29, 1.82) is 0 Å². The largest absolute Gasteiger partial charge is 0.208 e. The van der Waals surface area contributed by atoms with Gasteiger partial charge in [-0.05, 0) is 73.9 Å². The third-order valence-corrected chi connectivity index (χ3v) is 10.2. The Morgan fingerprint density at radius 1 is 0.375 bits per heavy atom. The van der Waals surface area contributed by atoms with Crippen molar-refractivity contribution in [2.45, 2.75) is 51.4 Å². The second kappa shape index (κ2) is 11.7. The highest BCUT2D eigenvalue weighted by molar-refractivity contribution is 6.04. The van der Waals surface area contributed by atoms with E-state index in [-0.39, 0.29) is 10.8 Å². The molecular formula is C45H39N3. The van der Waals surface area contributed by atoms with Gasteiger partial charge in [0.05, 0.1) is 0 Å². The van der Waals surface area contributed by atoms with Gasteiger partial charge in [-0.3, -0.25) is 0 Å². The summed E-state index contributed by atoms with van der Waals surface area (Å²) in [5.41, 5.74) is 11.2. The van der Waals surface area contributed by atoms with Crippen LogP contribution in [0.2, 0.25) is 0 Å². The third kappa shape index (κ3) is 5.40. The SMILES string of the molecule is CC1(C)CCC(C)(C)c2cc(-c3ccc(-c4ccc(-c5nc(-c6ccccc6)nc(-c6ccccc6)n5)c5ccccc45)cc3)ccc21. The van der Waals surface area contributed by atoms with Gasteiger partial charge in [-0.25, -0.2) is 15.0 Å². The van der Waals surface area contributed by atoms with E-state index in [4.69, 9.17) is 15.0 Å². The van der Waals surface area contributed by atoms with E-state index in [1.807, 2.05) is 60.7 Å². The topological polar surface area (TPSA) is 38.7 Å². The van der Waals surface area contributed by atoms with E-state index in [0.29, 0.717) is 17.5 Å². The van der Waals surface area contributed by atoms with Gasteiger partial charge >= 0.3 is 0 Å². The van der Waals surface area contributed by atoms with Crippen LogP contribution < -0.4 is 0 Å². The lowest BCUT2D eigenvalue weighted by molar-refractivity contribution is 0.332. The molecule has 234 valence electrons. The van der Waals surface area contributed by atoms with Crippen molar-refractivity contribution >= 4 is 10.8 Å². The molecule has 0 amide bonds. The maximum atomic E-state index is 5.02. The Bertz CT molecular complexity index is 2210. The maximum Gasteiger partial charge on any atom is 0.164 e. The first-order valence-electron chi connectivity index (χ1n) is 16.9. The van der Waals surface area contributed by atoms with Crippen molar-refractivity contribution in [3.63, 3.8) is 0 Å². The molecule has 8 rings (SSSR count). The zero-order chi connectivity index (χ0) is 32.9. The minimum Gasteiger partial charge on any atom is -0.208 e. The Balaban J connectivity index is 1.20. The minimum atomic E-state index is 0.184. The van der Waals surface area contributed by atoms with Gasteiger partial charge in [0, 0.05) is 16.7 Å². The maximum absolute atomic E-state index is 5.02. The van der Waals surface area contributed by atoms with Gasteiger partial charge in [-0.1, -0.05) is 161 Å². The van der Waals surface area contributed by atoms with Crippen LogP contribution in [-0.2, 0) is 10.8 Å². The lowest BCUT2D eigenvalue weighted by atomic mass is 9.63. The second-order valence-corrected chi connectivity index (χ2v) is 14.4. The molecule has 0 radical (unpaired) electrons. The first kappa shape index (κ1) is 30.0. The molecule has 0 saturated heterocycles. The van der Waals surface area contributed by atoms with Crippen LogP contribution in [0, 0.1) is 0 Å². The summed E-state index contributed by atoms with van der Waals surface area (Å²) in [6.07, 6.45) is 2.44. The number of fused-ring (bicyclic) bond motifs is 2. The predicted octanol–water partition coefficient (Wildman–Crippen LogP) is 11.7. The van der Waals surface area contributed by atoms with E-state index in [1.54, 1.807) is 0 Å². The second-order valence-electron chi connectivity index (χ2n) is 14.4. The molecule has 48 heavy (non-hydrogen) atoms. The highest BCUT2D eigenvalue weighted by Gasteiger charge is 2.37. The molecule has 1 aromatic heterocycles. The highest BCUT2D eigenvalue weighted by atomic mass is 15.0. The van der Waals surface area contributed by atoms with Gasteiger partial charge in [0.25, 0.3) is 0 Å². The van der Waals surface area contributed by atoms with E-state index >= 15 is 0 Å². The fourth-order valence-electron chi connectivity index (χ4n) is 7.29. The minimum absolute atomic E-state index is 0.184. The Kier molecular flexibility index (Phi) is 7.29. The van der Waals surface area contributed by atoms with E-state index in [2.05, 4.69) is 107 Å². The molecule has 0 bridgehead atoms. The van der Waals surface area contributed by atoms with Crippen LogP contribution in [-0.4, -0.2) is 15.0 Å². The lowest BCUT2D eigenvalue weighted by Crippen LogP contribution is -2.33. The van der Waals surface area contributed by atoms with E-state index in [0.717, 1.165) is 22.1 Å². The summed E-state index contributed by atoms with van der Waals surface area (Å²) >= 11 is 0. The van der Waals surface area contributed by atoms with Crippen molar-refractivity contribution in [3.8, 4) is 56.4 Å². The van der Waals surface area contributed by atoms with E-state index < -0.39 is 0 Å². The molecule has 0 aliphatic heterocycles. The average molecular weight is 622 g/mol. The third-order valence-electron chi connectivity index (χ3n) is 10.2. The molecule has 0 fully saturated rings. The highest BCUT2D eigenvalue weighted by Crippen LogP contribution is 2.47. The Morgan fingerprint density at radius 2 is 0.833 bits per heavy atom. The molecule has 0 unspecified atom stereocenters. The van der Waals surface area contributed by atoms with E-state index in [1.165, 1.54) is 51.6 Å². The van der Waals surface area contributed by atoms with Crippen molar-refractivity contribution < 1.29 is 0 Å². The first-order valence-corrected chi connectivity index (χ1v) is 16.9. The molecule has 1 aliphatic carbocycles. The molecule has 0 N–H and O–H groups in total. The van der Waals surface area contributed by atoms with Gasteiger partial charge in [0.2, 0.25) is 0 Å². The van der Waals surface area contributed by atoms with Crippen LogP contribution in [0.3, 0.4) is 0 Å². The van der Waals surface area contributed by atoms with Gasteiger partial charge < -0.3 is 0 Å². The summed E-state index contributed by atoms with van der Waals surface area (Å²) < 4.78 is 0. The van der Waals surface area contributed by atoms with Gasteiger partial charge in [0.15, 0.2) is 17.5 Å². The molecule has 3 nitrogen and oxygen atoms in total. The quantitative estimate of drug-likeness (QED) is 0.192. The number of hydrogen-bond acceptors (Lipinski definition) is 3. The number of rotatable bonds is 5. The standard InChI is InChI=1S/C45H39N3/c1-44(2)27-28-45(3,4)40-29-34(23-26-39(40)44)30-19-21-31(22-20-30)35-24-25-38(37-18-12-11-17-36(35)37)43-47-41(32-13-7-5-8-14-32)46-42(48-43)33-15-9-6-10-16-33/h5-26,29H,27-28H2,1-4H3. The zero-order valence-corrected chi connectivity index (χ0v) is 28.0.